The number of ether oxygens (including phenoxy) is 1. The molecule has 3 aromatic rings. The Bertz CT molecular complexity index is 845. The van der Waals surface area contributed by atoms with Crippen molar-refractivity contribution in [1.82, 2.24) is 10.3 Å². The number of benzene rings is 2. The average Bonchev–Trinajstić information content (AvgIpc) is 3.11. The standard InChI is InChI=1S/C19H17FN2O2S/c1-24-16-8-4-13(5-9-16)17-12-25-18(22-17)10-11-21-19(23)14-2-6-15(20)7-3-14/h2-9,12H,10-11H2,1H3,(H,21,23). The lowest BCUT2D eigenvalue weighted by Gasteiger charge is -2.04. The monoisotopic (exact) mass is 356 g/mol. The van der Waals surface area contributed by atoms with Crippen LogP contribution in [0, 0.1) is 5.82 Å². The fourth-order valence-electron chi connectivity index (χ4n) is 2.31. The van der Waals surface area contributed by atoms with E-state index in [9.17, 15) is 9.18 Å². The number of carbonyl (C=O) groups excluding carboxylic acids is 1. The highest BCUT2D eigenvalue weighted by Gasteiger charge is 2.07. The van der Waals surface area contributed by atoms with Crippen LogP contribution in [0.3, 0.4) is 0 Å². The van der Waals surface area contributed by atoms with Crippen LogP contribution in [0.15, 0.2) is 53.9 Å². The first-order valence-corrected chi connectivity index (χ1v) is 8.66. The number of halogens is 1. The lowest BCUT2D eigenvalue weighted by molar-refractivity contribution is 0.0954. The van der Waals surface area contributed by atoms with Crippen molar-refractivity contribution in [1.29, 1.82) is 0 Å². The number of carbonyl (C=O) groups is 1. The van der Waals surface area contributed by atoms with E-state index in [1.807, 2.05) is 29.6 Å². The molecule has 4 nitrogen and oxygen atoms in total. The second-order valence-corrected chi connectivity index (χ2v) is 6.31. The van der Waals surface area contributed by atoms with Gasteiger partial charge in [-0.1, -0.05) is 0 Å². The van der Waals surface area contributed by atoms with Crippen molar-refractivity contribution in [3.05, 3.63) is 70.3 Å². The van der Waals surface area contributed by atoms with Gasteiger partial charge < -0.3 is 10.1 Å². The Morgan fingerprint density at radius 2 is 1.88 bits per heavy atom. The first-order valence-electron chi connectivity index (χ1n) is 7.78. The Hall–Kier alpha value is -2.73. The molecule has 0 saturated heterocycles. The molecule has 0 saturated carbocycles. The van der Waals surface area contributed by atoms with Crippen LogP contribution in [0.2, 0.25) is 0 Å². The highest BCUT2D eigenvalue weighted by molar-refractivity contribution is 7.09. The molecule has 2 aromatic carbocycles. The molecular formula is C19H17FN2O2S. The van der Waals surface area contributed by atoms with Crippen LogP contribution in [-0.4, -0.2) is 24.5 Å². The zero-order valence-electron chi connectivity index (χ0n) is 13.7. The minimum absolute atomic E-state index is 0.216. The first-order chi connectivity index (χ1) is 12.2. The topological polar surface area (TPSA) is 51.2 Å². The van der Waals surface area contributed by atoms with Crippen molar-refractivity contribution in [2.45, 2.75) is 6.42 Å². The third-order valence-electron chi connectivity index (χ3n) is 3.67. The van der Waals surface area contributed by atoms with Crippen molar-refractivity contribution < 1.29 is 13.9 Å². The minimum atomic E-state index is -0.356. The van der Waals surface area contributed by atoms with Crippen LogP contribution in [0.1, 0.15) is 15.4 Å². The molecule has 0 aliphatic heterocycles. The summed E-state index contributed by atoms with van der Waals surface area (Å²) < 4.78 is 18.0. The molecule has 3 rings (SSSR count). The fraction of sp³-hybridized carbons (Fsp3) is 0.158. The maximum atomic E-state index is 12.9. The molecule has 128 valence electrons. The third kappa shape index (κ3) is 4.42. The van der Waals surface area contributed by atoms with Crippen molar-refractivity contribution in [2.24, 2.45) is 0 Å². The minimum Gasteiger partial charge on any atom is -0.497 e. The van der Waals surface area contributed by atoms with Crippen LogP contribution in [0.25, 0.3) is 11.3 Å². The molecule has 1 heterocycles. The molecule has 6 heteroatoms. The molecule has 0 aliphatic carbocycles. The van der Waals surface area contributed by atoms with Crippen molar-refractivity contribution >= 4 is 17.2 Å². The molecule has 1 aromatic heterocycles. The highest BCUT2D eigenvalue weighted by atomic mass is 32.1. The second kappa shape index (κ2) is 7.90. The Morgan fingerprint density at radius 1 is 1.16 bits per heavy atom. The van der Waals surface area contributed by atoms with Gasteiger partial charge in [-0.3, -0.25) is 4.79 Å². The quantitative estimate of drug-likeness (QED) is 0.728. The molecule has 0 spiro atoms. The van der Waals surface area contributed by atoms with Gasteiger partial charge in [-0.25, -0.2) is 9.37 Å². The number of methoxy groups -OCH3 is 1. The number of rotatable bonds is 6. The third-order valence-corrected chi connectivity index (χ3v) is 4.58. The number of hydrogen-bond donors (Lipinski definition) is 1. The van der Waals surface area contributed by atoms with Gasteiger partial charge in [-0.2, -0.15) is 0 Å². The summed E-state index contributed by atoms with van der Waals surface area (Å²) in [5.41, 5.74) is 2.38. The van der Waals surface area contributed by atoms with Crippen LogP contribution in [0.4, 0.5) is 4.39 Å². The maximum absolute atomic E-state index is 12.9. The highest BCUT2D eigenvalue weighted by Crippen LogP contribution is 2.24. The van der Waals surface area contributed by atoms with E-state index in [0.717, 1.165) is 22.0 Å². The van der Waals surface area contributed by atoms with Gasteiger partial charge in [0.25, 0.3) is 5.91 Å². The van der Waals surface area contributed by atoms with Crippen LogP contribution < -0.4 is 10.1 Å². The van der Waals surface area contributed by atoms with Gasteiger partial charge in [0.2, 0.25) is 0 Å². The van der Waals surface area contributed by atoms with E-state index < -0.39 is 0 Å². The number of nitrogens with zero attached hydrogens (tertiary/aromatic N) is 1. The summed E-state index contributed by atoms with van der Waals surface area (Å²) >= 11 is 1.56. The van der Waals surface area contributed by atoms with Gasteiger partial charge >= 0.3 is 0 Å². The molecule has 0 bridgehead atoms. The second-order valence-electron chi connectivity index (χ2n) is 5.37. The van der Waals surface area contributed by atoms with Crippen molar-refractivity contribution in [2.75, 3.05) is 13.7 Å². The number of thiazole rings is 1. The van der Waals surface area contributed by atoms with Gasteiger partial charge in [-0.15, -0.1) is 11.3 Å². The SMILES string of the molecule is COc1ccc(-c2csc(CCNC(=O)c3ccc(F)cc3)n2)cc1. The Balaban J connectivity index is 1.54. The van der Waals surface area contributed by atoms with Gasteiger partial charge in [0, 0.05) is 29.5 Å². The molecule has 0 unspecified atom stereocenters. The molecule has 0 aliphatic rings. The number of nitrogens with one attached hydrogen (secondary N) is 1. The van der Waals surface area contributed by atoms with Gasteiger partial charge in [0.1, 0.15) is 11.6 Å². The Kier molecular flexibility index (Phi) is 5.40. The molecule has 1 N–H and O–H groups in total. The Labute approximate surface area is 149 Å². The first kappa shape index (κ1) is 17.1. The number of hydrogen-bond acceptors (Lipinski definition) is 4. The smallest absolute Gasteiger partial charge is 0.251 e. The summed E-state index contributed by atoms with van der Waals surface area (Å²) in [5.74, 6) is 0.236. The van der Waals surface area contributed by atoms with Gasteiger partial charge in [0.15, 0.2) is 0 Å². The summed E-state index contributed by atoms with van der Waals surface area (Å²) in [7, 11) is 1.64. The van der Waals surface area contributed by atoms with Gasteiger partial charge in [-0.05, 0) is 48.5 Å². The van der Waals surface area contributed by atoms with E-state index >= 15 is 0 Å². The molecule has 0 fully saturated rings. The average molecular weight is 356 g/mol. The lowest BCUT2D eigenvalue weighted by Crippen LogP contribution is -2.25. The van der Waals surface area contributed by atoms with Gasteiger partial charge in [0.05, 0.1) is 17.8 Å². The van der Waals surface area contributed by atoms with Crippen LogP contribution in [-0.2, 0) is 6.42 Å². The zero-order valence-corrected chi connectivity index (χ0v) is 14.5. The summed E-state index contributed by atoms with van der Waals surface area (Å²) in [4.78, 5) is 16.6. The number of aromatic nitrogens is 1. The largest absolute Gasteiger partial charge is 0.497 e. The molecular weight excluding hydrogens is 339 g/mol. The predicted molar refractivity (Wildman–Crippen MR) is 96.5 cm³/mol. The summed E-state index contributed by atoms with van der Waals surface area (Å²) in [6.45, 7) is 0.478. The van der Waals surface area contributed by atoms with E-state index in [1.165, 1.54) is 24.3 Å². The van der Waals surface area contributed by atoms with E-state index in [2.05, 4.69) is 10.3 Å². The lowest BCUT2D eigenvalue weighted by atomic mass is 10.2. The summed E-state index contributed by atoms with van der Waals surface area (Å²) in [5, 5.41) is 5.77. The number of amides is 1. The molecule has 1 amide bonds. The van der Waals surface area contributed by atoms with E-state index in [4.69, 9.17) is 4.74 Å². The molecule has 0 radical (unpaired) electrons. The molecule has 25 heavy (non-hydrogen) atoms. The zero-order chi connectivity index (χ0) is 17.6. The van der Waals surface area contributed by atoms with E-state index in [0.29, 0.717) is 18.5 Å². The van der Waals surface area contributed by atoms with E-state index in [1.54, 1.807) is 18.4 Å². The maximum Gasteiger partial charge on any atom is 0.251 e. The summed E-state index contributed by atoms with van der Waals surface area (Å²) in [6, 6.07) is 13.2. The van der Waals surface area contributed by atoms with Crippen LogP contribution in [0.5, 0.6) is 5.75 Å². The van der Waals surface area contributed by atoms with E-state index in [-0.39, 0.29) is 11.7 Å². The van der Waals surface area contributed by atoms with Crippen molar-refractivity contribution in [3.8, 4) is 17.0 Å². The summed E-state index contributed by atoms with van der Waals surface area (Å²) in [6.07, 6.45) is 0.647. The van der Waals surface area contributed by atoms with Crippen molar-refractivity contribution in [3.63, 3.8) is 0 Å². The van der Waals surface area contributed by atoms with Crippen LogP contribution >= 0.6 is 11.3 Å². The fourth-order valence-corrected chi connectivity index (χ4v) is 3.11. The normalized spacial score (nSPS) is 10.5. The predicted octanol–water partition coefficient (Wildman–Crippen LogP) is 3.93. The Morgan fingerprint density at radius 3 is 2.56 bits per heavy atom. The molecule has 0 atom stereocenters.